The Kier molecular flexibility index (Phi) is 2.03. The fourth-order valence-electron chi connectivity index (χ4n) is 0.788. The SMILES string of the molecule is Cc1nccc(C(F)F)c1N. The van der Waals surface area contributed by atoms with Crippen LogP contribution in [0.3, 0.4) is 0 Å². The largest absolute Gasteiger partial charge is 0.397 e. The van der Waals surface area contributed by atoms with Gasteiger partial charge in [0.2, 0.25) is 0 Å². The number of aromatic nitrogens is 1. The van der Waals surface area contributed by atoms with Crippen LogP contribution in [0.4, 0.5) is 14.5 Å². The van der Waals surface area contributed by atoms with Crippen molar-refractivity contribution in [2.75, 3.05) is 5.73 Å². The van der Waals surface area contributed by atoms with Gasteiger partial charge < -0.3 is 5.73 Å². The van der Waals surface area contributed by atoms with Crippen LogP contribution in [0.25, 0.3) is 0 Å². The average molecular weight is 158 g/mol. The molecule has 2 N–H and O–H groups in total. The zero-order valence-electron chi connectivity index (χ0n) is 6.01. The summed E-state index contributed by atoms with van der Waals surface area (Å²) in [5.41, 5.74) is 5.73. The van der Waals surface area contributed by atoms with Crippen molar-refractivity contribution in [1.29, 1.82) is 0 Å². The number of halogens is 2. The minimum atomic E-state index is -2.52. The molecular formula is C7H8F2N2. The number of rotatable bonds is 1. The van der Waals surface area contributed by atoms with E-state index in [0.717, 1.165) is 0 Å². The third kappa shape index (κ3) is 1.45. The number of hydrogen-bond acceptors (Lipinski definition) is 2. The molecule has 1 aromatic rings. The monoisotopic (exact) mass is 158 g/mol. The highest BCUT2D eigenvalue weighted by atomic mass is 19.3. The Labute approximate surface area is 63.1 Å². The molecule has 0 unspecified atom stereocenters. The van der Waals surface area contributed by atoms with E-state index in [1.54, 1.807) is 6.92 Å². The third-order valence-corrected chi connectivity index (χ3v) is 1.46. The van der Waals surface area contributed by atoms with E-state index in [1.807, 2.05) is 0 Å². The van der Waals surface area contributed by atoms with E-state index >= 15 is 0 Å². The molecule has 0 aliphatic rings. The molecule has 0 saturated heterocycles. The lowest BCUT2D eigenvalue weighted by Crippen LogP contribution is -1.98. The molecule has 2 nitrogen and oxygen atoms in total. The van der Waals surface area contributed by atoms with Crippen LogP contribution in [-0.4, -0.2) is 4.98 Å². The summed E-state index contributed by atoms with van der Waals surface area (Å²) >= 11 is 0. The van der Waals surface area contributed by atoms with Crippen molar-refractivity contribution in [1.82, 2.24) is 4.98 Å². The molecule has 0 spiro atoms. The second-order valence-corrected chi connectivity index (χ2v) is 2.20. The summed E-state index contributed by atoms with van der Waals surface area (Å²) in [4.78, 5) is 3.76. The van der Waals surface area contributed by atoms with Gasteiger partial charge in [-0.15, -0.1) is 0 Å². The van der Waals surface area contributed by atoms with Gasteiger partial charge in [0.1, 0.15) is 0 Å². The Hall–Kier alpha value is -1.19. The minimum Gasteiger partial charge on any atom is -0.397 e. The van der Waals surface area contributed by atoms with Crippen molar-refractivity contribution in [2.24, 2.45) is 0 Å². The maximum absolute atomic E-state index is 12.1. The predicted molar refractivity (Wildman–Crippen MR) is 38.3 cm³/mol. The van der Waals surface area contributed by atoms with Gasteiger partial charge in [-0.3, -0.25) is 4.98 Å². The van der Waals surface area contributed by atoms with Crippen LogP contribution in [0.5, 0.6) is 0 Å². The maximum atomic E-state index is 12.1. The molecule has 0 atom stereocenters. The fourth-order valence-corrected chi connectivity index (χ4v) is 0.788. The Morgan fingerprint density at radius 2 is 2.18 bits per heavy atom. The molecule has 1 rings (SSSR count). The first kappa shape index (κ1) is 7.91. The molecule has 11 heavy (non-hydrogen) atoms. The van der Waals surface area contributed by atoms with E-state index in [0.29, 0.717) is 5.69 Å². The first-order chi connectivity index (χ1) is 5.13. The molecule has 0 radical (unpaired) electrons. The van der Waals surface area contributed by atoms with Crippen molar-refractivity contribution in [3.63, 3.8) is 0 Å². The highest BCUT2D eigenvalue weighted by Gasteiger charge is 2.11. The zero-order chi connectivity index (χ0) is 8.43. The van der Waals surface area contributed by atoms with Crippen molar-refractivity contribution < 1.29 is 8.78 Å². The predicted octanol–water partition coefficient (Wildman–Crippen LogP) is 1.91. The molecule has 1 aromatic heterocycles. The summed E-state index contributed by atoms with van der Waals surface area (Å²) in [5, 5.41) is 0. The van der Waals surface area contributed by atoms with Gasteiger partial charge in [-0.25, -0.2) is 8.78 Å². The Morgan fingerprint density at radius 1 is 1.55 bits per heavy atom. The number of pyridine rings is 1. The second kappa shape index (κ2) is 2.82. The van der Waals surface area contributed by atoms with Crippen molar-refractivity contribution >= 4 is 5.69 Å². The van der Waals surface area contributed by atoms with Gasteiger partial charge in [0.25, 0.3) is 6.43 Å². The van der Waals surface area contributed by atoms with Gasteiger partial charge in [0.05, 0.1) is 11.4 Å². The lowest BCUT2D eigenvalue weighted by Gasteiger charge is -2.04. The molecule has 0 bridgehead atoms. The number of hydrogen-bond donors (Lipinski definition) is 1. The highest BCUT2D eigenvalue weighted by molar-refractivity contribution is 5.50. The van der Waals surface area contributed by atoms with E-state index in [4.69, 9.17) is 5.73 Å². The maximum Gasteiger partial charge on any atom is 0.265 e. The van der Waals surface area contributed by atoms with Crippen LogP contribution in [0, 0.1) is 6.92 Å². The lowest BCUT2D eigenvalue weighted by molar-refractivity contribution is 0.152. The van der Waals surface area contributed by atoms with Crippen LogP contribution in [0.2, 0.25) is 0 Å². The first-order valence-electron chi connectivity index (χ1n) is 3.12. The van der Waals surface area contributed by atoms with Crippen molar-refractivity contribution in [3.8, 4) is 0 Å². The molecule has 4 heteroatoms. The lowest BCUT2D eigenvalue weighted by atomic mass is 10.2. The van der Waals surface area contributed by atoms with E-state index in [-0.39, 0.29) is 11.3 Å². The number of anilines is 1. The van der Waals surface area contributed by atoms with E-state index in [2.05, 4.69) is 4.98 Å². The third-order valence-electron chi connectivity index (χ3n) is 1.46. The quantitative estimate of drug-likeness (QED) is 0.678. The summed E-state index contributed by atoms with van der Waals surface area (Å²) in [6, 6.07) is 1.23. The number of nitrogens with two attached hydrogens (primary N) is 1. The van der Waals surface area contributed by atoms with E-state index in [9.17, 15) is 8.78 Å². The first-order valence-corrected chi connectivity index (χ1v) is 3.12. The van der Waals surface area contributed by atoms with Crippen LogP contribution in [0.1, 0.15) is 17.7 Å². The molecule has 1 heterocycles. The van der Waals surface area contributed by atoms with E-state index in [1.165, 1.54) is 12.3 Å². The van der Waals surface area contributed by atoms with Gasteiger partial charge >= 0.3 is 0 Å². The summed E-state index contributed by atoms with van der Waals surface area (Å²) in [6.07, 6.45) is -1.19. The molecule has 0 aliphatic heterocycles. The highest BCUT2D eigenvalue weighted by Crippen LogP contribution is 2.25. The van der Waals surface area contributed by atoms with Gasteiger partial charge in [-0.05, 0) is 13.0 Å². The van der Waals surface area contributed by atoms with Crippen LogP contribution in [0.15, 0.2) is 12.3 Å². The average Bonchev–Trinajstić information content (AvgIpc) is 1.94. The van der Waals surface area contributed by atoms with Crippen LogP contribution < -0.4 is 5.73 Å². The molecule has 0 aromatic carbocycles. The molecule has 0 fully saturated rings. The van der Waals surface area contributed by atoms with Gasteiger partial charge in [-0.1, -0.05) is 0 Å². The molecule has 0 amide bonds. The van der Waals surface area contributed by atoms with Gasteiger partial charge in [0.15, 0.2) is 0 Å². The number of alkyl halides is 2. The summed E-state index contributed by atoms with van der Waals surface area (Å²) in [5.74, 6) is 0. The fraction of sp³-hybridized carbons (Fsp3) is 0.286. The van der Waals surface area contributed by atoms with Crippen molar-refractivity contribution in [2.45, 2.75) is 13.3 Å². The number of nitrogens with zero attached hydrogens (tertiary/aromatic N) is 1. The Balaban J connectivity index is 3.17. The van der Waals surface area contributed by atoms with Gasteiger partial charge in [-0.2, -0.15) is 0 Å². The van der Waals surface area contributed by atoms with Crippen LogP contribution in [-0.2, 0) is 0 Å². The smallest absolute Gasteiger partial charge is 0.265 e. The number of nitrogen functional groups attached to an aromatic ring is 1. The van der Waals surface area contributed by atoms with Crippen molar-refractivity contribution in [3.05, 3.63) is 23.5 Å². The Morgan fingerprint density at radius 3 is 2.64 bits per heavy atom. The zero-order valence-corrected chi connectivity index (χ0v) is 6.01. The Bertz CT molecular complexity index is 261. The summed E-state index contributed by atoms with van der Waals surface area (Å²) in [7, 11) is 0. The summed E-state index contributed by atoms with van der Waals surface area (Å²) in [6.45, 7) is 1.60. The van der Waals surface area contributed by atoms with E-state index < -0.39 is 6.43 Å². The molecule has 0 aliphatic carbocycles. The topological polar surface area (TPSA) is 38.9 Å². The van der Waals surface area contributed by atoms with Gasteiger partial charge in [0, 0.05) is 11.8 Å². The minimum absolute atomic E-state index is 0.0856. The second-order valence-electron chi connectivity index (χ2n) is 2.20. The summed E-state index contributed by atoms with van der Waals surface area (Å²) < 4.78 is 24.2. The molecular weight excluding hydrogens is 150 g/mol. The standard InChI is InChI=1S/C7H8F2N2/c1-4-6(10)5(7(8)9)2-3-11-4/h2-3,7H,10H2,1H3. The molecule has 0 saturated carbocycles. The number of aryl methyl sites for hydroxylation is 1. The van der Waals surface area contributed by atoms with Crippen LogP contribution >= 0.6 is 0 Å². The normalized spacial score (nSPS) is 10.5. The molecule has 60 valence electrons.